The van der Waals surface area contributed by atoms with Crippen molar-refractivity contribution in [1.29, 1.82) is 0 Å². The van der Waals surface area contributed by atoms with Crippen LogP contribution in [0.1, 0.15) is 30.3 Å². The molecule has 9 heteroatoms. The highest BCUT2D eigenvalue weighted by atomic mass is 16.5. The van der Waals surface area contributed by atoms with E-state index in [9.17, 15) is 9.59 Å². The second-order valence-electron chi connectivity index (χ2n) is 5.81. The van der Waals surface area contributed by atoms with Crippen LogP contribution in [0.2, 0.25) is 0 Å². The Morgan fingerprint density at radius 1 is 1.44 bits per heavy atom. The van der Waals surface area contributed by atoms with Gasteiger partial charge in [-0.3, -0.25) is 9.59 Å². The number of aryl methyl sites for hydroxylation is 1. The molecule has 2 aromatic rings. The molecule has 1 saturated heterocycles. The first-order chi connectivity index (χ1) is 12.1. The molecule has 1 aliphatic heterocycles. The zero-order valence-corrected chi connectivity index (χ0v) is 14.3. The van der Waals surface area contributed by atoms with E-state index < -0.39 is 0 Å². The number of ether oxygens (including phenoxy) is 1. The van der Waals surface area contributed by atoms with Gasteiger partial charge in [0.2, 0.25) is 5.76 Å². The molecule has 1 N–H and O–H groups in total. The lowest BCUT2D eigenvalue weighted by atomic mass is 10.0. The number of aromatic nitrogens is 3. The summed E-state index contributed by atoms with van der Waals surface area (Å²) >= 11 is 0. The molecule has 3 heterocycles. The van der Waals surface area contributed by atoms with Gasteiger partial charge in [-0.25, -0.2) is 4.98 Å². The van der Waals surface area contributed by atoms with Crippen LogP contribution in [-0.2, 0) is 6.54 Å². The molecule has 1 amide bonds. The molecule has 0 unspecified atom stereocenters. The molecule has 9 nitrogen and oxygen atoms in total. The first-order valence-electron chi connectivity index (χ1n) is 8.24. The number of amides is 1. The summed E-state index contributed by atoms with van der Waals surface area (Å²) in [6.07, 6.45) is 4.77. The molecule has 1 aliphatic rings. The lowest BCUT2D eigenvalue weighted by Crippen LogP contribution is -2.46. The molecule has 0 radical (unpaired) electrons. The second-order valence-corrected chi connectivity index (χ2v) is 5.81. The van der Waals surface area contributed by atoms with E-state index in [-0.39, 0.29) is 29.1 Å². The normalized spacial score (nSPS) is 15.2. The van der Waals surface area contributed by atoms with Crippen LogP contribution in [0, 0.1) is 0 Å². The van der Waals surface area contributed by atoms with E-state index in [2.05, 4.69) is 15.5 Å². The van der Waals surface area contributed by atoms with E-state index in [4.69, 9.17) is 9.26 Å². The molecule has 134 valence electrons. The summed E-state index contributed by atoms with van der Waals surface area (Å²) in [5.41, 5.74) is -0.0822. The van der Waals surface area contributed by atoms with E-state index in [0.717, 1.165) is 12.8 Å². The molecular weight excluding hydrogens is 326 g/mol. The molecule has 0 aliphatic carbocycles. The number of carbonyl (C=O) groups excluding carboxylic acids is 1. The minimum Gasteiger partial charge on any atom is -0.479 e. The van der Waals surface area contributed by atoms with Gasteiger partial charge in [0, 0.05) is 38.1 Å². The molecule has 25 heavy (non-hydrogen) atoms. The van der Waals surface area contributed by atoms with Crippen molar-refractivity contribution < 1.29 is 14.1 Å². The Hall–Kier alpha value is -2.84. The number of carbonyl (C=O) groups is 1. The van der Waals surface area contributed by atoms with Crippen molar-refractivity contribution in [3.8, 4) is 5.88 Å². The lowest BCUT2D eigenvalue weighted by Gasteiger charge is -2.32. The molecule has 0 aromatic carbocycles. The topological polar surface area (TPSA) is 102 Å². The third kappa shape index (κ3) is 3.65. The van der Waals surface area contributed by atoms with Gasteiger partial charge in [-0.05, 0) is 24.9 Å². The minimum absolute atomic E-state index is 0.0111. The molecule has 1 fully saturated rings. The highest BCUT2D eigenvalue weighted by Gasteiger charge is 2.25. The summed E-state index contributed by atoms with van der Waals surface area (Å²) in [6, 6.07) is 1.46. The minimum atomic E-state index is -0.319. The number of anilines is 1. The van der Waals surface area contributed by atoms with Crippen molar-refractivity contribution in [2.75, 3.05) is 25.1 Å². The SMILES string of the molecule is CCn1ccnc(N2CCC(NC(=O)c3cc(OC)no3)CC2)c1=O. The second kappa shape index (κ2) is 7.37. The van der Waals surface area contributed by atoms with Gasteiger partial charge in [0.15, 0.2) is 5.82 Å². The van der Waals surface area contributed by atoms with Crippen molar-refractivity contribution in [2.24, 2.45) is 0 Å². The average molecular weight is 347 g/mol. The Morgan fingerprint density at radius 3 is 2.84 bits per heavy atom. The number of piperidine rings is 1. The Balaban J connectivity index is 1.59. The van der Waals surface area contributed by atoms with E-state index in [1.165, 1.54) is 13.2 Å². The van der Waals surface area contributed by atoms with Crippen LogP contribution < -0.4 is 20.5 Å². The first-order valence-corrected chi connectivity index (χ1v) is 8.24. The van der Waals surface area contributed by atoms with Gasteiger partial charge >= 0.3 is 0 Å². The van der Waals surface area contributed by atoms with E-state index >= 15 is 0 Å². The van der Waals surface area contributed by atoms with Gasteiger partial charge in [-0.2, -0.15) is 0 Å². The zero-order chi connectivity index (χ0) is 17.8. The monoisotopic (exact) mass is 347 g/mol. The average Bonchev–Trinajstić information content (AvgIpc) is 3.12. The van der Waals surface area contributed by atoms with Gasteiger partial charge in [0.25, 0.3) is 17.3 Å². The summed E-state index contributed by atoms with van der Waals surface area (Å²) < 4.78 is 11.5. The van der Waals surface area contributed by atoms with Crippen LogP contribution in [0.4, 0.5) is 5.82 Å². The van der Waals surface area contributed by atoms with Gasteiger partial charge < -0.3 is 24.0 Å². The van der Waals surface area contributed by atoms with Crippen molar-refractivity contribution in [1.82, 2.24) is 20.0 Å². The summed E-state index contributed by atoms with van der Waals surface area (Å²) in [5.74, 6) is 0.534. The molecule has 0 spiro atoms. The van der Waals surface area contributed by atoms with Crippen molar-refractivity contribution >= 4 is 11.7 Å². The van der Waals surface area contributed by atoms with E-state index in [1.807, 2.05) is 11.8 Å². The highest BCUT2D eigenvalue weighted by molar-refractivity contribution is 5.91. The lowest BCUT2D eigenvalue weighted by molar-refractivity contribution is 0.0893. The first kappa shape index (κ1) is 17.0. The summed E-state index contributed by atoms with van der Waals surface area (Å²) in [4.78, 5) is 30.7. The number of methoxy groups -OCH3 is 1. The fourth-order valence-corrected chi connectivity index (χ4v) is 2.86. The number of hydrogen-bond acceptors (Lipinski definition) is 7. The van der Waals surface area contributed by atoms with Gasteiger partial charge in [0.1, 0.15) is 0 Å². The van der Waals surface area contributed by atoms with Crippen LogP contribution in [0.15, 0.2) is 27.8 Å². The predicted octanol–water partition coefficient (Wildman–Crippen LogP) is 0.659. The Kier molecular flexibility index (Phi) is 5.01. The number of hydrogen-bond donors (Lipinski definition) is 1. The highest BCUT2D eigenvalue weighted by Crippen LogP contribution is 2.16. The summed E-state index contributed by atoms with van der Waals surface area (Å²) in [6.45, 7) is 3.84. The van der Waals surface area contributed by atoms with Gasteiger partial charge in [-0.1, -0.05) is 0 Å². The van der Waals surface area contributed by atoms with Crippen LogP contribution >= 0.6 is 0 Å². The summed E-state index contributed by atoms with van der Waals surface area (Å²) in [7, 11) is 1.46. The van der Waals surface area contributed by atoms with Crippen LogP contribution in [0.3, 0.4) is 0 Å². The largest absolute Gasteiger partial charge is 0.479 e. The van der Waals surface area contributed by atoms with Crippen LogP contribution in [-0.4, -0.2) is 46.9 Å². The maximum absolute atomic E-state index is 12.3. The fourth-order valence-electron chi connectivity index (χ4n) is 2.86. The molecule has 2 aromatic heterocycles. The number of nitrogens with one attached hydrogen (secondary N) is 1. The van der Waals surface area contributed by atoms with Gasteiger partial charge in [-0.15, -0.1) is 0 Å². The fraction of sp³-hybridized carbons (Fsp3) is 0.500. The van der Waals surface area contributed by atoms with E-state index in [0.29, 0.717) is 25.5 Å². The van der Waals surface area contributed by atoms with Crippen molar-refractivity contribution in [2.45, 2.75) is 32.4 Å². The maximum Gasteiger partial charge on any atom is 0.293 e. The molecular formula is C16H21N5O4. The Morgan fingerprint density at radius 2 is 2.20 bits per heavy atom. The quantitative estimate of drug-likeness (QED) is 0.847. The standard InChI is InChI=1S/C16H21N5O4/c1-3-20-9-6-17-14(16(20)23)21-7-4-11(5-8-21)18-15(22)12-10-13(24-2)19-25-12/h6,9-11H,3-5,7-8H2,1-2H3,(H,18,22). The third-order valence-electron chi connectivity index (χ3n) is 4.29. The zero-order valence-electron chi connectivity index (χ0n) is 14.3. The number of rotatable bonds is 5. The van der Waals surface area contributed by atoms with Crippen LogP contribution in [0.5, 0.6) is 5.88 Å². The molecule has 0 saturated carbocycles. The molecule has 3 rings (SSSR count). The Labute approximate surface area is 144 Å². The van der Waals surface area contributed by atoms with Crippen molar-refractivity contribution in [3.05, 3.63) is 34.6 Å². The van der Waals surface area contributed by atoms with Crippen LogP contribution in [0.25, 0.3) is 0 Å². The summed E-state index contributed by atoms with van der Waals surface area (Å²) in [5, 5.41) is 6.54. The molecule has 0 atom stereocenters. The Bertz CT molecular complexity index is 792. The predicted molar refractivity (Wildman–Crippen MR) is 89.9 cm³/mol. The van der Waals surface area contributed by atoms with E-state index in [1.54, 1.807) is 17.0 Å². The number of nitrogens with zero attached hydrogens (tertiary/aromatic N) is 4. The third-order valence-corrected chi connectivity index (χ3v) is 4.29. The smallest absolute Gasteiger partial charge is 0.293 e. The maximum atomic E-state index is 12.3. The molecule has 0 bridgehead atoms. The van der Waals surface area contributed by atoms with Gasteiger partial charge in [0.05, 0.1) is 13.2 Å². The van der Waals surface area contributed by atoms with Crippen molar-refractivity contribution in [3.63, 3.8) is 0 Å².